The van der Waals surface area contributed by atoms with Crippen LogP contribution in [0.3, 0.4) is 0 Å². The van der Waals surface area contributed by atoms with Gasteiger partial charge in [0, 0.05) is 11.4 Å². The quantitative estimate of drug-likeness (QED) is 0.711. The molecule has 0 radical (unpaired) electrons. The SMILES string of the molecule is CNCc1cccc(SCc2nc3ccccc3s2)c1. The molecule has 0 fully saturated rings. The number of rotatable bonds is 5. The highest BCUT2D eigenvalue weighted by Gasteiger charge is 2.04. The Balaban J connectivity index is 1.71. The van der Waals surface area contributed by atoms with Crippen molar-refractivity contribution in [2.24, 2.45) is 0 Å². The Morgan fingerprint density at radius 2 is 2.05 bits per heavy atom. The fourth-order valence-corrected chi connectivity index (χ4v) is 4.02. The first-order valence-corrected chi connectivity index (χ1v) is 8.36. The monoisotopic (exact) mass is 300 g/mol. The van der Waals surface area contributed by atoms with Gasteiger partial charge in [0.1, 0.15) is 5.01 Å². The molecule has 3 rings (SSSR count). The third kappa shape index (κ3) is 3.20. The molecule has 20 heavy (non-hydrogen) atoms. The number of thioether (sulfide) groups is 1. The molecule has 102 valence electrons. The molecule has 0 atom stereocenters. The van der Waals surface area contributed by atoms with Crippen LogP contribution in [0.2, 0.25) is 0 Å². The molecule has 3 aromatic rings. The van der Waals surface area contributed by atoms with Crippen LogP contribution in [0.4, 0.5) is 0 Å². The predicted octanol–water partition coefficient (Wildman–Crippen LogP) is 4.31. The van der Waals surface area contributed by atoms with Crippen LogP contribution in [-0.4, -0.2) is 12.0 Å². The minimum atomic E-state index is 0.912. The first kappa shape index (κ1) is 13.6. The fraction of sp³-hybridized carbons (Fsp3) is 0.188. The molecule has 1 heterocycles. The van der Waals surface area contributed by atoms with E-state index in [0.29, 0.717) is 0 Å². The lowest BCUT2D eigenvalue weighted by atomic mass is 10.2. The van der Waals surface area contributed by atoms with E-state index < -0.39 is 0 Å². The van der Waals surface area contributed by atoms with E-state index in [0.717, 1.165) is 17.8 Å². The summed E-state index contributed by atoms with van der Waals surface area (Å²) in [6, 6.07) is 17.0. The number of thiazole rings is 1. The Labute approximate surface area is 127 Å². The van der Waals surface area contributed by atoms with E-state index in [4.69, 9.17) is 0 Å². The van der Waals surface area contributed by atoms with Gasteiger partial charge in [0.05, 0.1) is 16.0 Å². The first-order chi connectivity index (χ1) is 9.85. The van der Waals surface area contributed by atoms with E-state index in [-0.39, 0.29) is 0 Å². The average molecular weight is 300 g/mol. The van der Waals surface area contributed by atoms with Crippen molar-refractivity contribution in [2.45, 2.75) is 17.2 Å². The molecule has 1 N–H and O–H groups in total. The van der Waals surface area contributed by atoms with Crippen molar-refractivity contribution < 1.29 is 0 Å². The second-order valence-corrected chi connectivity index (χ2v) is 6.71. The molecule has 0 unspecified atom stereocenters. The largest absolute Gasteiger partial charge is 0.316 e. The van der Waals surface area contributed by atoms with Crippen molar-refractivity contribution in [3.63, 3.8) is 0 Å². The van der Waals surface area contributed by atoms with Gasteiger partial charge >= 0.3 is 0 Å². The van der Waals surface area contributed by atoms with Crippen molar-refractivity contribution in [1.82, 2.24) is 10.3 Å². The minimum Gasteiger partial charge on any atom is -0.316 e. The second-order valence-electron chi connectivity index (χ2n) is 4.54. The van der Waals surface area contributed by atoms with Gasteiger partial charge in [0.2, 0.25) is 0 Å². The third-order valence-electron chi connectivity index (χ3n) is 2.98. The van der Waals surface area contributed by atoms with Crippen LogP contribution in [0.25, 0.3) is 10.2 Å². The number of nitrogens with one attached hydrogen (secondary N) is 1. The van der Waals surface area contributed by atoms with E-state index in [1.54, 1.807) is 11.3 Å². The Hall–Kier alpha value is -1.36. The predicted molar refractivity (Wildman–Crippen MR) is 88.4 cm³/mol. The van der Waals surface area contributed by atoms with Crippen LogP contribution >= 0.6 is 23.1 Å². The van der Waals surface area contributed by atoms with Gasteiger partial charge in [-0.1, -0.05) is 24.3 Å². The molecule has 4 heteroatoms. The molecule has 0 saturated carbocycles. The molecule has 0 spiro atoms. The lowest BCUT2D eigenvalue weighted by molar-refractivity contribution is 0.815. The number of para-hydroxylation sites is 1. The molecule has 0 aliphatic rings. The van der Waals surface area contributed by atoms with Gasteiger partial charge < -0.3 is 5.32 Å². The summed E-state index contributed by atoms with van der Waals surface area (Å²) in [4.78, 5) is 5.97. The Morgan fingerprint density at radius 3 is 2.90 bits per heavy atom. The average Bonchev–Trinajstić information content (AvgIpc) is 2.89. The maximum Gasteiger partial charge on any atom is 0.104 e. The first-order valence-electron chi connectivity index (χ1n) is 6.56. The molecule has 0 aliphatic carbocycles. The molecule has 2 aromatic carbocycles. The van der Waals surface area contributed by atoms with Crippen LogP contribution < -0.4 is 5.32 Å². The number of nitrogens with zero attached hydrogens (tertiary/aromatic N) is 1. The fourth-order valence-electron chi connectivity index (χ4n) is 2.08. The highest BCUT2D eigenvalue weighted by atomic mass is 32.2. The summed E-state index contributed by atoms with van der Waals surface area (Å²) in [5.74, 6) is 0.933. The second kappa shape index (κ2) is 6.39. The van der Waals surface area contributed by atoms with Gasteiger partial charge in [-0.2, -0.15) is 0 Å². The van der Waals surface area contributed by atoms with Crippen LogP contribution in [0, 0.1) is 0 Å². The summed E-state index contributed by atoms with van der Waals surface area (Å²) >= 11 is 3.64. The van der Waals surface area contributed by atoms with Crippen molar-refractivity contribution in [3.05, 3.63) is 59.1 Å². The maximum absolute atomic E-state index is 4.67. The van der Waals surface area contributed by atoms with Gasteiger partial charge in [-0.3, -0.25) is 0 Å². The summed E-state index contributed by atoms with van der Waals surface area (Å²) in [5.41, 5.74) is 2.43. The van der Waals surface area contributed by atoms with Gasteiger partial charge in [-0.05, 0) is 36.9 Å². The summed E-state index contributed by atoms with van der Waals surface area (Å²) in [7, 11) is 1.97. The zero-order chi connectivity index (χ0) is 13.8. The number of hydrogen-bond donors (Lipinski definition) is 1. The molecule has 1 aromatic heterocycles. The summed E-state index contributed by atoms with van der Waals surface area (Å²) < 4.78 is 1.27. The van der Waals surface area contributed by atoms with Crippen LogP contribution in [0.5, 0.6) is 0 Å². The number of aromatic nitrogens is 1. The lowest BCUT2D eigenvalue weighted by Gasteiger charge is -2.03. The normalized spacial score (nSPS) is 11.1. The van der Waals surface area contributed by atoms with Gasteiger partial charge in [0.15, 0.2) is 0 Å². The van der Waals surface area contributed by atoms with Crippen molar-refractivity contribution in [2.75, 3.05) is 7.05 Å². The molecule has 0 saturated heterocycles. The van der Waals surface area contributed by atoms with E-state index in [2.05, 4.69) is 52.8 Å². The van der Waals surface area contributed by atoms with E-state index in [1.807, 2.05) is 24.9 Å². The lowest BCUT2D eigenvalue weighted by Crippen LogP contribution is -2.04. The number of benzene rings is 2. The van der Waals surface area contributed by atoms with Crippen molar-refractivity contribution in [1.29, 1.82) is 0 Å². The molecule has 2 nitrogen and oxygen atoms in total. The zero-order valence-electron chi connectivity index (χ0n) is 11.3. The van der Waals surface area contributed by atoms with Gasteiger partial charge in [0.25, 0.3) is 0 Å². The Morgan fingerprint density at radius 1 is 1.15 bits per heavy atom. The van der Waals surface area contributed by atoms with Crippen molar-refractivity contribution in [3.8, 4) is 0 Å². The van der Waals surface area contributed by atoms with Crippen LogP contribution in [-0.2, 0) is 12.3 Å². The van der Waals surface area contributed by atoms with Crippen molar-refractivity contribution >= 4 is 33.3 Å². The standard InChI is InChI=1S/C16H16N2S2/c1-17-10-12-5-4-6-13(9-12)19-11-16-18-14-7-2-3-8-15(14)20-16/h2-9,17H,10-11H2,1H3. The van der Waals surface area contributed by atoms with Gasteiger partial charge in [-0.15, -0.1) is 23.1 Å². The summed E-state index contributed by atoms with van der Waals surface area (Å²) in [6.07, 6.45) is 0. The molecular formula is C16H16N2S2. The van der Waals surface area contributed by atoms with E-state index in [9.17, 15) is 0 Å². The van der Waals surface area contributed by atoms with Crippen LogP contribution in [0.15, 0.2) is 53.4 Å². The minimum absolute atomic E-state index is 0.912. The highest BCUT2D eigenvalue weighted by Crippen LogP contribution is 2.28. The molecular weight excluding hydrogens is 284 g/mol. The Kier molecular flexibility index (Phi) is 4.35. The van der Waals surface area contributed by atoms with Gasteiger partial charge in [-0.25, -0.2) is 4.98 Å². The number of fused-ring (bicyclic) bond motifs is 1. The summed E-state index contributed by atoms with van der Waals surface area (Å²) in [5, 5.41) is 4.37. The topological polar surface area (TPSA) is 24.9 Å². The third-order valence-corrected chi connectivity index (χ3v) is 5.20. The molecule has 0 aliphatic heterocycles. The molecule has 0 bridgehead atoms. The van der Waals surface area contributed by atoms with E-state index in [1.165, 1.54) is 20.2 Å². The van der Waals surface area contributed by atoms with Crippen LogP contribution in [0.1, 0.15) is 10.6 Å². The number of hydrogen-bond acceptors (Lipinski definition) is 4. The Bertz CT molecular complexity index is 673. The highest BCUT2D eigenvalue weighted by molar-refractivity contribution is 7.98. The zero-order valence-corrected chi connectivity index (χ0v) is 12.9. The summed E-state index contributed by atoms with van der Waals surface area (Å²) in [6.45, 7) is 0.912. The van der Waals surface area contributed by atoms with E-state index >= 15 is 0 Å². The molecule has 0 amide bonds. The maximum atomic E-state index is 4.67. The smallest absolute Gasteiger partial charge is 0.104 e.